The van der Waals surface area contributed by atoms with Gasteiger partial charge in [0.2, 0.25) is 0 Å². The summed E-state index contributed by atoms with van der Waals surface area (Å²) in [5.41, 5.74) is 3.98. The van der Waals surface area contributed by atoms with Crippen molar-refractivity contribution in [3.05, 3.63) is 76.9 Å². The zero-order valence-electron chi connectivity index (χ0n) is 16.1. The van der Waals surface area contributed by atoms with E-state index in [4.69, 9.17) is 11.6 Å². The minimum Gasteiger partial charge on any atom is -0.322 e. The number of hydrogen-bond donors (Lipinski definition) is 2. The van der Waals surface area contributed by atoms with Crippen LogP contribution in [-0.4, -0.2) is 32.4 Å². The maximum absolute atomic E-state index is 12.6. The Balaban J connectivity index is 1.53. The number of hydrogen-bond acceptors (Lipinski definition) is 4. The lowest BCUT2D eigenvalue weighted by Gasteiger charge is -2.16. The smallest absolute Gasteiger partial charge is 0.301 e. The molecule has 0 aliphatic carbocycles. The molecule has 0 spiro atoms. The first-order chi connectivity index (χ1) is 14.3. The zero-order valence-corrected chi connectivity index (χ0v) is 17.7. The van der Waals surface area contributed by atoms with Crippen molar-refractivity contribution < 1.29 is 13.2 Å². The van der Waals surface area contributed by atoms with Crippen LogP contribution < -0.4 is 14.3 Å². The lowest BCUT2D eigenvalue weighted by atomic mass is 10.1. The molecule has 154 valence electrons. The zero-order chi connectivity index (χ0) is 21.3. The first-order valence-electron chi connectivity index (χ1n) is 9.25. The van der Waals surface area contributed by atoms with Crippen LogP contribution in [0.15, 0.2) is 60.8 Å². The predicted octanol–water partition coefficient (Wildman–Crippen LogP) is 3.62. The fraction of sp³-hybridized carbons (Fsp3) is 0.143. The summed E-state index contributed by atoms with van der Waals surface area (Å²) < 4.78 is 27.6. The van der Waals surface area contributed by atoms with Gasteiger partial charge in [-0.05, 0) is 61.0 Å². The molecule has 9 heteroatoms. The van der Waals surface area contributed by atoms with Gasteiger partial charge in [0.05, 0.1) is 16.4 Å². The van der Waals surface area contributed by atoms with Gasteiger partial charge in [0.15, 0.2) is 0 Å². The monoisotopic (exact) mass is 442 g/mol. The summed E-state index contributed by atoms with van der Waals surface area (Å²) >= 11 is 6.32. The Hall–Kier alpha value is -2.94. The molecule has 1 aliphatic rings. The third-order valence-corrected chi connectivity index (χ3v) is 6.59. The van der Waals surface area contributed by atoms with Gasteiger partial charge in [0.25, 0.3) is 5.91 Å². The van der Waals surface area contributed by atoms with Crippen molar-refractivity contribution in [2.24, 2.45) is 0 Å². The minimum absolute atomic E-state index is 0.311. The molecule has 1 aromatic heterocycles. The van der Waals surface area contributed by atoms with Crippen molar-refractivity contribution in [3.63, 3.8) is 0 Å². The second-order valence-corrected chi connectivity index (χ2v) is 8.97. The standard InChI is InChI=1S/C21H19ClN4O3S/c1-14-2-9-20(23-13-14)18-12-16(5-8-19(18)22)25-21(27)15-3-6-17(7-4-15)26-11-10-24-30(26,28)29/h2-9,12-13,24H,10-11H2,1H3,(H,25,27). The molecule has 1 amide bonds. The average Bonchev–Trinajstić information content (AvgIpc) is 3.09. The van der Waals surface area contributed by atoms with E-state index < -0.39 is 10.2 Å². The Bertz CT molecular complexity index is 1200. The van der Waals surface area contributed by atoms with E-state index >= 15 is 0 Å². The molecule has 2 aromatic carbocycles. The third kappa shape index (κ3) is 4.16. The lowest BCUT2D eigenvalue weighted by molar-refractivity contribution is 0.102. The number of amides is 1. The van der Waals surface area contributed by atoms with E-state index in [1.807, 2.05) is 19.1 Å². The van der Waals surface area contributed by atoms with Gasteiger partial charge in [-0.3, -0.25) is 14.1 Å². The largest absolute Gasteiger partial charge is 0.322 e. The van der Waals surface area contributed by atoms with Gasteiger partial charge in [-0.2, -0.15) is 13.1 Å². The lowest BCUT2D eigenvalue weighted by Crippen LogP contribution is -2.29. The number of carbonyl (C=O) groups excluding carboxylic acids is 1. The molecule has 1 saturated heterocycles. The van der Waals surface area contributed by atoms with Crippen molar-refractivity contribution in [2.75, 3.05) is 22.7 Å². The van der Waals surface area contributed by atoms with Crippen LogP contribution in [0.3, 0.4) is 0 Å². The van der Waals surface area contributed by atoms with Gasteiger partial charge in [0, 0.05) is 36.1 Å². The van der Waals surface area contributed by atoms with E-state index in [-0.39, 0.29) is 5.91 Å². The molecule has 0 atom stereocenters. The van der Waals surface area contributed by atoms with E-state index in [9.17, 15) is 13.2 Å². The Morgan fingerprint density at radius 3 is 2.53 bits per heavy atom. The SMILES string of the molecule is Cc1ccc(-c2cc(NC(=O)c3ccc(N4CCNS4(=O)=O)cc3)ccc2Cl)nc1. The molecule has 2 heterocycles. The number of anilines is 2. The molecule has 0 unspecified atom stereocenters. The van der Waals surface area contributed by atoms with Gasteiger partial charge >= 0.3 is 10.2 Å². The molecular formula is C21H19ClN4O3S. The van der Waals surface area contributed by atoms with Crippen LogP contribution in [0.2, 0.25) is 5.02 Å². The first-order valence-corrected chi connectivity index (χ1v) is 11.1. The molecule has 4 rings (SSSR count). The Morgan fingerprint density at radius 2 is 1.90 bits per heavy atom. The minimum atomic E-state index is -3.50. The molecular weight excluding hydrogens is 424 g/mol. The van der Waals surface area contributed by atoms with E-state index in [0.29, 0.717) is 40.7 Å². The summed E-state index contributed by atoms with van der Waals surface area (Å²) in [5, 5.41) is 3.38. The van der Waals surface area contributed by atoms with Crippen molar-refractivity contribution in [1.82, 2.24) is 9.71 Å². The van der Waals surface area contributed by atoms with E-state index in [1.165, 1.54) is 4.31 Å². The highest BCUT2D eigenvalue weighted by Gasteiger charge is 2.27. The molecule has 30 heavy (non-hydrogen) atoms. The number of aromatic nitrogens is 1. The van der Waals surface area contributed by atoms with E-state index in [2.05, 4.69) is 15.0 Å². The normalized spacial score (nSPS) is 15.2. The number of pyridine rings is 1. The molecule has 1 aliphatic heterocycles. The van der Waals surface area contributed by atoms with Gasteiger partial charge in [0.1, 0.15) is 0 Å². The van der Waals surface area contributed by atoms with Crippen molar-refractivity contribution in [3.8, 4) is 11.3 Å². The Morgan fingerprint density at radius 1 is 1.13 bits per heavy atom. The van der Waals surface area contributed by atoms with E-state index in [1.54, 1.807) is 48.7 Å². The number of carbonyl (C=O) groups is 1. The summed E-state index contributed by atoms with van der Waals surface area (Å²) in [7, 11) is -3.50. The van der Waals surface area contributed by atoms with Crippen LogP contribution in [0.4, 0.5) is 11.4 Å². The number of nitrogens with zero attached hydrogens (tertiary/aromatic N) is 2. The Kier molecular flexibility index (Phi) is 5.46. The maximum Gasteiger partial charge on any atom is 0.301 e. The quantitative estimate of drug-likeness (QED) is 0.645. The van der Waals surface area contributed by atoms with Crippen LogP contribution in [0.1, 0.15) is 15.9 Å². The molecule has 7 nitrogen and oxygen atoms in total. The predicted molar refractivity (Wildman–Crippen MR) is 118 cm³/mol. The van der Waals surface area contributed by atoms with Crippen molar-refractivity contribution in [1.29, 1.82) is 0 Å². The maximum atomic E-state index is 12.6. The second kappa shape index (κ2) is 8.06. The third-order valence-electron chi connectivity index (χ3n) is 4.72. The van der Waals surface area contributed by atoms with Gasteiger partial charge in [-0.15, -0.1) is 0 Å². The highest BCUT2D eigenvalue weighted by Crippen LogP contribution is 2.30. The molecule has 0 radical (unpaired) electrons. The number of halogens is 1. The van der Waals surface area contributed by atoms with Crippen LogP contribution in [0.25, 0.3) is 11.3 Å². The molecule has 2 N–H and O–H groups in total. The molecule has 3 aromatic rings. The number of aryl methyl sites for hydroxylation is 1. The van der Waals surface area contributed by atoms with Crippen LogP contribution in [0.5, 0.6) is 0 Å². The summed E-state index contributed by atoms with van der Waals surface area (Å²) in [6.45, 7) is 2.67. The fourth-order valence-electron chi connectivity index (χ4n) is 3.15. The van der Waals surface area contributed by atoms with Gasteiger partial charge in [-0.25, -0.2) is 0 Å². The molecule has 0 bridgehead atoms. The summed E-state index contributed by atoms with van der Waals surface area (Å²) in [5.74, 6) is -0.311. The van der Waals surface area contributed by atoms with Gasteiger partial charge < -0.3 is 5.32 Å². The number of benzene rings is 2. The summed E-state index contributed by atoms with van der Waals surface area (Å²) in [6, 6.07) is 15.4. The topological polar surface area (TPSA) is 91.4 Å². The highest BCUT2D eigenvalue weighted by molar-refractivity contribution is 7.91. The fourth-order valence-corrected chi connectivity index (χ4v) is 4.60. The van der Waals surface area contributed by atoms with Crippen LogP contribution in [-0.2, 0) is 10.2 Å². The van der Waals surface area contributed by atoms with Crippen molar-refractivity contribution in [2.45, 2.75) is 6.92 Å². The number of rotatable bonds is 4. The van der Waals surface area contributed by atoms with E-state index in [0.717, 1.165) is 11.1 Å². The number of nitrogens with one attached hydrogen (secondary N) is 2. The van der Waals surface area contributed by atoms with Crippen molar-refractivity contribution >= 4 is 39.1 Å². The van der Waals surface area contributed by atoms with Crippen LogP contribution >= 0.6 is 11.6 Å². The molecule has 0 saturated carbocycles. The Labute approximate surface area is 179 Å². The van der Waals surface area contributed by atoms with Gasteiger partial charge in [-0.1, -0.05) is 17.7 Å². The first kappa shape index (κ1) is 20.3. The summed E-state index contributed by atoms with van der Waals surface area (Å²) in [6.07, 6.45) is 1.76. The average molecular weight is 443 g/mol. The summed E-state index contributed by atoms with van der Waals surface area (Å²) in [4.78, 5) is 17.0. The van der Waals surface area contributed by atoms with Crippen LogP contribution in [0, 0.1) is 6.92 Å². The second-order valence-electron chi connectivity index (χ2n) is 6.89. The molecule has 1 fully saturated rings. The highest BCUT2D eigenvalue weighted by atomic mass is 35.5.